The number of carbonyl (C=O) groups is 1. The molecule has 0 unspecified atom stereocenters. The molecular formula is C15H13FN4OS. The predicted molar refractivity (Wildman–Crippen MR) is 81.5 cm³/mol. The van der Waals surface area contributed by atoms with E-state index in [1.54, 1.807) is 23.0 Å². The van der Waals surface area contributed by atoms with Gasteiger partial charge in [-0.2, -0.15) is 4.98 Å². The summed E-state index contributed by atoms with van der Waals surface area (Å²) < 4.78 is 14.4. The van der Waals surface area contributed by atoms with Gasteiger partial charge in [0, 0.05) is 30.1 Å². The first-order valence-electron chi connectivity index (χ1n) is 6.81. The highest BCUT2D eigenvalue weighted by Crippen LogP contribution is 2.16. The van der Waals surface area contributed by atoms with Crippen molar-refractivity contribution < 1.29 is 9.18 Å². The third-order valence-corrected chi connectivity index (χ3v) is 3.97. The highest BCUT2D eigenvalue weighted by Gasteiger charge is 2.08. The molecule has 0 bridgehead atoms. The van der Waals surface area contributed by atoms with E-state index in [1.165, 1.54) is 36.0 Å². The van der Waals surface area contributed by atoms with Gasteiger partial charge in [-0.25, -0.2) is 13.9 Å². The average molecular weight is 316 g/mol. The standard InChI is InChI=1S/C15H13FN4OS/c16-12-6-4-11(5-7-12)13(21)3-1-10-22-15-18-14-17-8-2-9-20(14)19-15/h2,4-9H,1,3,10H2. The maximum Gasteiger partial charge on any atom is 0.253 e. The Kier molecular flexibility index (Phi) is 4.43. The fraction of sp³-hybridized carbons (Fsp3) is 0.200. The van der Waals surface area contributed by atoms with Crippen molar-refractivity contribution in [2.45, 2.75) is 18.0 Å². The first kappa shape index (κ1) is 14.6. The Morgan fingerprint density at radius 2 is 2.09 bits per heavy atom. The Balaban J connectivity index is 1.49. The molecule has 0 aliphatic carbocycles. The number of ketones is 1. The highest BCUT2D eigenvalue weighted by atomic mass is 32.2. The van der Waals surface area contributed by atoms with E-state index < -0.39 is 0 Å². The zero-order valence-electron chi connectivity index (χ0n) is 11.6. The van der Waals surface area contributed by atoms with Crippen LogP contribution in [0.1, 0.15) is 23.2 Å². The summed E-state index contributed by atoms with van der Waals surface area (Å²) >= 11 is 1.49. The van der Waals surface area contributed by atoms with E-state index in [4.69, 9.17) is 0 Å². The van der Waals surface area contributed by atoms with Gasteiger partial charge < -0.3 is 0 Å². The van der Waals surface area contributed by atoms with Gasteiger partial charge in [0.15, 0.2) is 5.78 Å². The summed E-state index contributed by atoms with van der Waals surface area (Å²) in [5.41, 5.74) is 0.543. The van der Waals surface area contributed by atoms with Gasteiger partial charge in [0.2, 0.25) is 5.16 Å². The highest BCUT2D eigenvalue weighted by molar-refractivity contribution is 7.99. The Labute approximate surface area is 130 Å². The van der Waals surface area contributed by atoms with Crippen molar-refractivity contribution in [3.8, 4) is 0 Å². The number of fused-ring (bicyclic) bond motifs is 1. The molecule has 0 spiro atoms. The SMILES string of the molecule is O=C(CCCSc1nc2ncccn2n1)c1ccc(F)cc1. The summed E-state index contributed by atoms with van der Waals surface area (Å²) in [6.45, 7) is 0. The Bertz CT molecular complexity index is 755. The first-order chi connectivity index (χ1) is 10.7. The number of hydrogen-bond donors (Lipinski definition) is 0. The molecule has 0 saturated heterocycles. The fourth-order valence-corrected chi connectivity index (χ4v) is 2.71. The first-order valence-corrected chi connectivity index (χ1v) is 7.80. The third-order valence-electron chi connectivity index (χ3n) is 3.04. The van der Waals surface area contributed by atoms with Crippen LogP contribution in [0.15, 0.2) is 47.9 Å². The molecular weight excluding hydrogens is 303 g/mol. The van der Waals surface area contributed by atoms with E-state index in [9.17, 15) is 9.18 Å². The molecule has 0 aliphatic rings. The van der Waals surface area contributed by atoms with Crippen LogP contribution in [-0.2, 0) is 0 Å². The Morgan fingerprint density at radius 1 is 1.27 bits per heavy atom. The number of Topliss-reactive ketones (excluding diaryl/α,β-unsaturated/α-hetero) is 1. The molecule has 0 aliphatic heterocycles. The molecule has 7 heteroatoms. The van der Waals surface area contributed by atoms with Crippen molar-refractivity contribution >= 4 is 23.3 Å². The quantitative estimate of drug-likeness (QED) is 0.397. The number of thioether (sulfide) groups is 1. The number of benzene rings is 1. The lowest BCUT2D eigenvalue weighted by Crippen LogP contribution is -1.99. The van der Waals surface area contributed by atoms with E-state index in [0.29, 0.717) is 29.3 Å². The molecule has 0 radical (unpaired) electrons. The fourth-order valence-electron chi connectivity index (χ4n) is 1.95. The summed E-state index contributed by atoms with van der Waals surface area (Å²) in [5, 5.41) is 4.92. The normalized spacial score (nSPS) is 11.0. The zero-order valence-corrected chi connectivity index (χ0v) is 12.5. The summed E-state index contributed by atoms with van der Waals surface area (Å²) in [5.74, 6) is 0.986. The molecule has 3 aromatic rings. The van der Waals surface area contributed by atoms with Gasteiger partial charge in [-0.3, -0.25) is 4.79 Å². The maximum atomic E-state index is 12.8. The van der Waals surface area contributed by atoms with E-state index in [0.717, 1.165) is 5.75 Å². The maximum absolute atomic E-state index is 12.8. The van der Waals surface area contributed by atoms with Gasteiger partial charge >= 0.3 is 0 Å². The molecule has 0 N–H and O–H groups in total. The smallest absolute Gasteiger partial charge is 0.253 e. The van der Waals surface area contributed by atoms with Crippen LogP contribution < -0.4 is 0 Å². The molecule has 0 amide bonds. The van der Waals surface area contributed by atoms with E-state index in [1.807, 2.05) is 0 Å². The van der Waals surface area contributed by atoms with Gasteiger partial charge in [0.1, 0.15) is 5.82 Å². The van der Waals surface area contributed by atoms with Crippen molar-refractivity contribution in [1.82, 2.24) is 19.6 Å². The van der Waals surface area contributed by atoms with Crippen molar-refractivity contribution in [1.29, 1.82) is 0 Å². The van der Waals surface area contributed by atoms with Crippen molar-refractivity contribution in [2.75, 3.05) is 5.75 Å². The van der Waals surface area contributed by atoms with Crippen LogP contribution in [0.5, 0.6) is 0 Å². The molecule has 3 rings (SSSR count). The number of aromatic nitrogens is 4. The Hall–Kier alpha value is -2.28. The average Bonchev–Trinajstić information content (AvgIpc) is 2.95. The van der Waals surface area contributed by atoms with Crippen molar-refractivity contribution in [2.24, 2.45) is 0 Å². The summed E-state index contributed by atoms with van der Waals surface area (Å²) in [4.78, 5) is 20.3. The summed E-state index contributed by atoms with van der Waals surface area (Å²) in [6, 6.07) is 7.42. The van der Waals surface area contributed by atoms with Crippen LogP contribution in [0.2, 0.25) is 0 Å². The second-order valence-electron chi connectivity index (χ2n) is 4.64. The van der Waals surface area contributed by atoms with Crippen LogP contribution in [0.4, 0.5) is 4.39 Å². The lowest BCUT2D eigenvalue weighted by molar-refractivity contribution is 0.0982. The minimum atomic E-state index is -0.335. The molecule has 0 atom stereocenters. The summed E-state index contributed by atoms with van der Waals surface area (Å²) in [7, 11) is 0. The number of hydrogen-bond acceptors (Lipinski definition) is 5. The molecule has 0 fully saturated rings. The van der Waals surface area contributed by atoms with E-state index in [2.05, 4.69) is 15.1 Å². The van der Waals surface area contributed by atoms with Crippen molar-refractivity contribution in [3.63, 3.8) is 0 Å². The van der Waals surface area contributed by atoms with E-state index >= 15 is 0 Å². The van der Waals surface area contributed by atoms with Crippen LogP contribution in [0.25, 0.3) is 5.78 Å². The predicted octanol–water partition coefficient (Wildman–Crippen LogP) is 3.02. The van der Waals surface area contributed by atoms with E-state index in [-0.39, 0.29) is 11.6 Å². The zero-order chi connectivity index (χ0) is 15.4. The van der Waals surface area contributed by atoms with Crippen LogP contribution in [0, 0.1) is 5.82 Å². The van der Waals surface area contributed by atoms with Gasteiger partial charge in [0.05, 0.1) is 0 Å². The molecule has 112 valence electrons. The second kappa shape index (κ2) is 6.65. The summed E-state index contributed by atoms with van der Waals surface area (Å²) in [6.07, 6.45) is 4.59. The number of carbonyl (C=O) groups excluding carboxylic acids is 1. The minimum Gasteiger partial charge on any atom is -0.294 e. The molecule has 2 heterocycles. The van der Waals surface area contributed by atoms with Crippen LogP contribution >= 0.6 is 11.8 Å². The van der Waals surface area contributed by atoms with Crippen LogP contribution in [0.3, 0.4) is 0 Å². The van der Waals surface area contributed by atoms with Crippen LogP contribution in [-0.4, -0.2) is 31.1 Å². The second-order valence-corrected chi connectivity index (χ2v) is 5.70. The largest absolute Gasteiger partial charge is 0.294 e. The topological polar surface area (TPSA) is 60.2 Å². The molecule has 5 nitrogen and oxygen atoms in total. The monoisotopic (exact) mass is 316 g/mol. The van der Waals surface area contributed by atoms with Gasteiger partial charge in [-0.1, -0.05) is 11.8 Å². The number of rotatable bonds is 6. The van der Waals surface area contributed by atoms with Gasteiger partial charge in [-0.05, 0) is 36.8 Å². The minimum absolute atomic E-state index is 0.0187. The van der Waals surface area contributed by atoms with Gasteiger partial charge in [0.25, 0.3) is 5.78 Å². The molecule has 0 saturated carbocycles. The molecule has 22 heavy (non-hydrogen) atoms. The Morgan fingerprint density at radius 3 is 2.86 bits per heavy atom. The molecule has 2 aromatic heterocycles. The number of halogens is 1. The molecule has 1 aromatic carbocycles. The van der Waals surface area contributed by atoms with Crippen molar-refractivity contribution in [3.05, 3.63) is 54.1 Å². The number of nitrogens with zero attached hydrogens (tertiary/aromatic N) is 4. The lowest BCUT2D eigenvalue weighted by Gasteiger charge is -2.00. The van der Waals surface area contributed by atoms with Gasteiger partial charge in [-0.15, -0.1) is 5.10 Å². The third kappa shape index (κ3) is 3.48. The lowest BCUT2D eigenvalue weighted by atomic mass is 10.1.